The SMILES string of the molecule is Cc1cncc(C(=O)NC2CCc3nnc(CCc4ccccc4)n3CC2)c1. The van der Waals surface area contributed by atoms with E-state index >= 15 is 0 Å². The summed E-state index contributed by atoms with van der Waals surface area (Å²) in [5, 5.41) is 12.0. The van der Waals surface area contributed by atoms with Crippen LogP contribution in [0.5, 0.6) is 0 Å². The van der Waals surface area contributed by atoms with Gasteiger partial charge in [0, 0.05) is 37.8 Å². The number of rotatable bonds is 5. The smallest absolute Gasteiger partial charge is 0.253 e. The summed E-state index contributed by atoms with van der Waals surface area (Å²) >= 11 is 0. The Labute approximate surface area is 165 Å². The molecule has 0 aliphatic carbocycles. The second kappa shape index (κ2) is 8.33. The molecule has 6 heteroatoms. The Morgan fingerprint density at radius 3 is 2.82 bits per heavy atom. The summed E-state index contributed by atoms with van der Waals surface area (Å²) < 4.78 is 2.24. The van der Waals surface area contributed by atoms with Gasteiger partial charge in [0.15, 0.2) is 0 Å². The molecule has 0 fully saturated rings. The summed E-state index contributed by atoms with van der Waals surface area (Å²) in [6, 6.07) is 12.5. The number of pyridine rings is 1. The number of nitrogens with zero attached hydrogens (tertiary/aromatic N) is 4. The van der Waals surface area contributed by atoms with Gasteiger partial charge in [0.25, 0.3) is 5.91 Å². The summed E-state index contributed by atoms with van der Waals surface area (Å²) in [5.74, 6) is 2.01. The number of carbonyl (C=O) groups excluding carboxylic acids is 1. The van der Waals surface area contributed by atoms with Crippen molar-refractivity contribution >= 4 is 5.91 Å². The number of amides is 1. The first-order valence-corrected chi connectivity index (χ1v) is 9.86. The van der Waals surface area contributed by atoms with Crippen molar-refractivity contribution in [3.05, 3.63) is 77.1 Å². The molecule has 1 aliphatic rings. The Morgan fingerprint density at radius 1 is 1.14 bits per heavy atom. The molecule has 144 valence electrons. The zero-order valence-corrected chi connectivity index (χ0v) is 16.1. The van der Waals surface area contributed by atoms with Crippen LogP contribution < -0.4 is 5.32 Å². The predicted octanol–water partition coefficient (Wildman–Crippen LogP) is 2.90. The molecule has 0 saturated heterocycles. The van der Waals surface area contributed by atoms with E-state index in [0.29, 0.717) is 5.56 Å². The van der Waals surface area contributed by atoms with Gasteiger partial charge in [-0.3, -0.25) is 9.78 Å². The second-order valence-corrected chi connectivity index (χ2v) is 7.42. The molecule has 0 radical (unpaired) electrons. The van der Waals surface area contributed by atoms with E-state index < -0.39 is 0 Å². The molecule has 3 heterocycles. The molecule has 2 aromatic heterocycles. The number of benzene rings is 1. The van der Waals surface area contributed by atoms with Crippen LogP contribution in [0.2, 0.25) is 0 Å². The van der Waals surface area contributed by atoms with Gasteiger partial charge >= 0.3 is 0 Å². The lowest BCUT2D eigenvalue weighted by Crippen LogP contribution is -2.35. The van der Waals surface area contributed by atoms with Crippen LogP contribution in [-0.4, -0.2) is 31.7 Å². The first kappa shape index (κ1) is 18.3. The summed E-state index contributed by atoms with van der Waals surface area (Å²) in [7, 11) is 0. The molecular formula is C22H25N5O. The van der Waals surface area contributed by atoms with E-state index in [2.05, 4.69) is 49.3 Å². The van der Waals surface area contributed by atoms with Crippen molar-refractivity contribution in [3.8, 4) is 0 Å². The van der Waals surface area contributed by atoms with Crippen molar-refractivity contribution in [1.82, 2.24) is 25.1 Å². The summed E-state index contributed by atoms with van der Waals surface area (Å²) in [6.45, 7) is 2.78. The normalized spacial score (nSPS) is 16.2. The molecule has 1 N–H and O–H groups in total. The molecule has 1 unspecified atom stereocenters. The number of hydrogen-bond donors (Lipinski definition) is 1. The molecule has 28 heavy (non-hydrogen) atoms. The molecule has 1 aliphatic heterocycles. The van der Waals surface area contributed by atoms with Gasteiger partial charge in [-0.15, -0.1) is 10.2 Å². The lowest BCUT2D eigenvalue weighted by Gasteiger charge is -2.16. The maximum absolute atomic E-state index is 12.5. The van der Waals surface area contributed by atoms with E-state index in [1.807, 2.05) is 19.1 Å². The highest BCUT2D eigenvalue weighted by molar-refractivity contribution is 5.94. The van der Waals surface area contributed by atoms with E-state index in [1.165, 1.54) is 5.56 Å². The Hall–Kier alpha value is -3.02. The van der Waals surface area contributed by atoms with Crippen molar-refractivity contribution in [2.75, 3.05) is 0 Å². The van der Waals surface area contributed by atoms with Crippen molar-refractivity contribution in [2.45, 2.75) is 51.6 Å². The van der Waals surface area contributed by atoms with Gasteiger partial charge < -0.3 is 9.88 Å². The number of aromatic nitrogens is 4. The van der Waals surface area contributed by atoms with Gasteiger partial charge in [-0.25, -0.2) is 0 Å². The van der Waals surface area contributed by atoms with Crippen molar-refractivity contribution in [2.24, 2.45) is 0 Å². The quantitative estimate of drug-likeness (QED) is 0.744. The minimum Gasteiger partial charge on any atom is -0.349 e. The van der Waals surface area contributed by atoms with E-state index in [-0.39, 0.29) is 11.9 Å². The maximum atomic E-state index is 12.5. The van der Waals surface area contributed by atoms with Crippen LogP contribution in [0, 0.1) is 6.92 Å². The molecule has 3 aromatic rings. The van der Waals surface area contributed by atoms with Gasteiger partial charge in [0.05, 0.1) is 5.56 Å². The van der Waals surface area contributed by atoms with Crippen LogP contribution in [-0.2, 0) is 25.8 Å². The summed E-state index contributed by atoms with van der Waals surface area (Å²) in [4.78, 5) is 16.6. The van der Waals surface area contributed by atoms with Gasteiger partial charge in [0.2, 0.25) is 0 Å². The Kier molecular flexibility index (Phi) is 5.46. The monoisotopic (exact) mass is 375 g/mol. The molecule has 0 saturated carbocycles. The summed E-state index contributed by atoms with van der Waals surface area (Å²) in [6.07, 6.45) is 7.80. The molecular weight excluding hydrogens is 350 g/mol. The fourth-order valence-electron chi connectivity index (χ4n) is 3.73. The zero-order chi connectivity index (χ0) is 19.3. The number of fused-ring (bicyclic) bond motifs is 1. The van der Waals surface area contributed by atoms with Crippen LogP contribution in [0.15, 0.2) is 48.8 Å². The first-order chi connectivity index (χ1) is 13.7. The van der Waals surface area contributed by atoms with Crippen LogP contribution in [0.4, 0.5) is 0 Å². The Balaban J connectivity index is 1.37. The number of nitrogens with one attached hydrogen (secondary N) is 1. The Morgan fingerprint density at radius 2 is 2.00 bits per heavy atom. The van der Waals surface area contributed by atoms with E-state index in [4.69, 9.17) is 0 Å². The molecule has 4 rings (SSSR count). The highest BCUT2D eigenvalue weighted by Gasteiger charge is 2.22. The largest absolute Gasteiger partial charge is 0.349 e. The second-order valence-electron chi connectivity index (χ2n) is 7.42. The van der Waals surface area contributed by atoms with Gasteiger partial charge in [-0.05, 0) is 43.4 Å². The van der Waals surface area contributed by atoms with E-state index in [1.54, 1.807) is 12.4 Å². The van der Waals surface area contributed by atoms with Crippen LogP contribution in [0.3, 0.4) is 0 Å². The number of carbonyl (C=O) groups is 1. The third-order valence-corrected chi connectivity index (χ3v) is 5.27. The first-order valence-electron chi connectivity index (χ1n) is 9.86. The van der Waals surface area contributed by atoms with Gasteiger partial charge in [-0.2, -0.15) is 0 Å². The third-order valence-electron chi connectivity index (χ3n) is 5.27. The molecule has 1 aromatic carbocycles. The molecule has 0 bridgehead atoms. The minimum atomic E-state index is -0.0526. The van der Waals surface area contributed by atoms with Crippen LogP contribution >= 0.6 is 0 Å². The molecule has 6 nitrogen and oxygen atoms in total. The number of aryl methyl sites for hydroxylation is 4. The fourth-order valence-corrected chi connectivity index (χ4v) is 3.73. The van der Waals surface area contributed by atoms with Crippen LogP contribution in [0.25, 0.3) is 0 Å². The average Bonchev–Trinajstić information content (AvgIpc) is 3.00. The van der Waals surface area contributed by atoms with Crippen LogP contribution in [0.1, 0.15) is 46.0 Å². The highest BCUT2D eigenvalue weighted by atomic mass is 16.1. The fraction of sp³-hybridized carbons (Fsp3) is 0.364. The minimum absolute atomic E-state index is 0.0526. The molecule has 0 spiro atoms. The van der Waals surface area contributed by atoms with E-state index in [0.717, 1.165) is 55.9 Å². The predicted molar refractivity (Wildman–Crippen MR) is 107 cm³/mol. The standard InChI is InChI=1S/C22H25N5O/c1-16-13-18(15-23-14-16)22(28)24-19-8-10-21-26-25-20(27(21)12-11-19)9-7-17-5-3-2-4-6-17/h2-6,13-15,19H,7-12H2,1H3,(H,24,28). The van der Waals surface area contributed by atoms with Gasteiger partial charge in [-0.1, -0.05) is 30.3 Å². The highest BCUT2D eigenvalue weighted by Crippen LogP contribution is 2.17. The molecule has 1 amide bonds. The van der Waals surface area contributed by atoms with Gasteiger partial charge in [0.1, 0.15) is 11.6 Å². The van der Waals surface area contributed by atoms with Crippen molar-refractivity contribution in [3.63, 3.8) is 0 Å². The lowest BCUT2D eigenvalue weighted by atomic mass is 10.1. The Bertz CT molecular complexity index is 951. The molecule has 1 atom stereocenters. The average molecular weight is 375 g/mol. The topological polar surface area (TPSA) is 72.7 Å². The lowest BCUT2D eigenvalue weighted by molar-refractivity contribution is 0.0932. The summed E-state index contributed by atoms with van der Waals surface area (Å²) in [5.41, 5.74) is 2.92. The van der Waals surface area contributed by atoms with E-state index in [9.17, 15) is 4.79 Å². The zero-order valence-electron chi connectivity index (χ0n) is 16.1. The third kappa shape index (κ3) is 4.27. The van der Waals surface area contributed by atoms with Crippen molar-refractivity contribution < 1.29 is 4.79 Å². The number of hydrogen-bond acceptors (Lipinski definition) is 4. The maximum Gasteiger partial charge on any atom is 0.253 e. The van der Waals surface area contributed by atoms with Crippen molar-refractivity contribution in [1.29, 1.82) is 0 Å².